The summed E-state index contributed by atoms with van der Waals surface area (Å²) in [7, 11) is -7.12. The van der Waals surface area contributed by atoms with Gasteiger partial charge in [0.1, 0.15) is 12.4 Å². The summed E-state index contributed by atoms with van der Waals surface area (Å²) in [6.45, 7) is 1.39. The molecule has 0 aliphatic carbocycles. The molecule has 12 heteroatoms. The van der Waals surface area contributed by atoms with Crippen LogP contribution in [0, 0.1) is 6.92 Å². The maximum atomic E-state index is 12.7. The zero-order valence-corrected chi connectivity index (χ0v) is 19.3. The molecule has 1 amide bonds. The van der Waals surface area contributed by atoms with Crippen LogP contribution in [-0.2, 0) is 31.2 Å². The lowest BCUT2D eigenvalue weighted by atomic mass is 10.2. The molecular weight excluding hydrogens is 468 g/mol. The Morgan fingerprint density at radius 3 is 2.52 bits per heavy atom. The van der Waals surface area contributed by atoms with Gasteiger partial charge in [0.2, 0.25) is 15.9 Å². The summed E-state index contributed by atoms with van der Waals surface area (Å²) in [6.07, 6.45) is 0.234. The molecule has 0 bridgehead atoms. The predicted molar refractivity (Wildman–Crippen MR) is 123 cm³/mol. The molecule has 4 rings (SSSR count). The van der Waals surface area contributed by atoms with Gasteiger partial charge in [-0.3, -0.25) is 14.2 Å². The molecule has 33 heavy (non-hydrogen) atoms. The molecule has 1 aliphatic rings. The van der Waals surface area contributed by atoms with Crippen molar-refractivity contribution >= 4 is 42.4 Å². The Balaban J connectivity index is 1.45. The first-order valence-electron chi connectivity index (χ1n) is 10.1. The number of aryl methyl sites for hydroxylation is 1. The molecule has 1 aliphatic heterocycles. The molecule has 0 radical (unpaired) electrons. The van der Waals surface area contributed by atoms with Crippen LogP contribution in [0.25, 0.3) is 10.9 Å². The van der Waals surface area contributed by atoms with Gasteiger partial charge >= 0.3 is 0 Å². The number of sulfonamides is 1. The zero-order valence-electron chi connectivity index (χ0n) is 17.7. The fourth-order valence-corrected chi connectivity index (χ4v) is 6.75. The molecule has 10 nitrogen and oxygen atoms in total. The smallest absolute Gasteiger partial charge is 0.261 e. The van der Waals surface area contributed by atoms with Gasteiger partial charge in [-0.05, 0) is 49.7 Å². The van der Waals surface area contributed by atoms with E-state index in [1.807, 2.05) is 0 Å². The molecule has 1 unspecified atom stereocenters. The number of hydrogen-bond acceptors (Lipinski definition) is 7. The highest BCUT2D eigenvalue weighted by molar-refractivity contribution is 7.92. The number of carbonyl (C=O) groups is 1. The van der Waals surface area contributed by atoms with Gasteiger partial charge in [0.15, 0.2) is 9.84 Å². The van der Waals surface area contributed by atoms with E-state index in [2.05, 4.69) is 15.0 Å². The summed E-state index contributed by atoms with van der Waals surface area (Å²) in [5.41, 5.74) is 0.578. The number of fused-ring (bicyclic) bond motifs is 1. The summed E-state index contributed by atoms with van der Waals surface area (Å²) in [4.78, 5) is 29.5. The number of benzene rings is 2. The van der Waals surface area contributed by atoms with Crippen molar-refractivity contribution < 1.29 is 21.6 Å². The minimum Gasteiger partial charge on any atom is -0.325 e. The number of rotatable bonds is 6. The number of nitrogens with zero attached hydrogens (tertiary/aromatic N) is 2. The Labute approximate surface area is 190 Å². The third kappa shape index (κ3) is 5.13. The first-order chi connectivity index (χ1) is 15.5. The Morgan fingerprint density at radius 2 is 1.85 bits per heavy atom. The zero-order chi connectivity index (χ0) is 23.8. The van der Waals surface area contributed by atoms with Crippen molar-refractivity contribution in [3.05, 3.63) is 64.7 Å². The summed E-state index contributed by atoms with van der Waals surface area (Å²) < 4.78 is 51.8. The quantitative estimate of drug-likeness (QED) is 0.520. The van der Waals surface area contributed by atoms with Gasteiger partial charge in [-0.15, -0.1) is 0 Å². The van der Waals surface area contributed by atoms with E-state index in [0.717, 1.165) is 0 Å². The molecule has 1 aromatic heterocycles. The fourth-order valence-electron chi connectivity index (χ4n) is 3.70. The number of aromatic nitrogens is 2. The van der Waals surface area contributed by atoms with Crippen LogP contribution in [0.1, 0.15) is 12.2 Å². The number of hydrogen-bond donors (Lipinski definition) is 2. The second-order valence-corrected chi connectivity index (χ2v) is 11.8. The van der Waals surface area contributed by atoms with Crippen LogP contribution in [0.5, 0.6) is 0 Å². The average molecular weight is 491 g/mol. The highest BCUT2D eigenvalue weighted by atomic mass is 32.2. The summed E-state index contributed by atoms with van der Waals surface area (Å²) in [5.74, 6) is -0.332. The van der Waals surface area contributed by atoms with Gasteiger partial charge < -0.3 is 5.32 Å². The highest BCUT2D eigenvalue weighted by Gasteiger charge is 2.31. The number of amides is 1. The van der Waals surface area contributed by atoms with Crippen molar-refractivity contribution in [2.45, 2.75) is 30.8 Å². The Hall–Kier alpha value is -3.09. The van der Waals surface area contributed by atoms with E-state index in [4.69, 9.17) is 0 Å². The molecule has 2 N–H and O–H groups in total. The maximum absolute atomic E-state index is 12.7. The lowest BCUT2D eigenvalue weighted by Crippen LogP contribution is -2.35. The third-order valence-corrected chi connectivity index (χ3v) is 8.66. The van der Waals surface area contributed by atoms with Crippen LogP contribution in [0.2, 0.25) is 0 Å². The lowest BCUT2D eigenvalue weighted by molar-refractivity contribution is -0.116. The lowest BCUT2D eigenvalue weighted by Gasteiger charge is -2.13. The largest absolute Gasteiger partial charge is 0.325 e. The van der Waals surface area contributed by atoms with Crippen molar-refractivity contribution in [1.82, 2.24) is 14.3 Å². The minimum absolute atomic E-state index is 0.0412. The van der Waals surface area contributed by atoms with E-state index in [0.29, 0.717) is 22.4 Å². The number of anilines is 1. The maximum Gasteiger partial charge on any atom is 0.261 e. The topological polar surface area (TPSA) is 144 Å². The molecule has 1 saturated heterocycles. The van der Waals surface area contributed by atoms with Gasteiger partial charge in [-0.25, -0.2) is 26.5 Å². The van der Waals surface area contributed by atoms with E-state index >= 15 is 0 Å². The molecule has 1 atom stereocenters. The molecule has 2 aromatic carbocycles. The van der Waals surface area contributed by atoms with Crippen molar-refractivity contribution in [2.24, 2.45) is 0 Å². The summed E-state index contributed by atoms with van der Waals surface area (Å²) in [5, 5.41) is 3.04. The van der Waals surface area contributed by atoms with Crippen LogP contribution in [-0.4, -0.2) is 49.8 Å². The number of nitrogens with one attached hydrogen (secondary N) is 2. The van der Waals surface area contributed by atoms with Crippen LogP contribution in [0.3, 0.4) is 0 Å². The van der Waals surface area contributed by atoms with E-state index in [9.17, 15) is 26.4 Å². The molecule has 3 aromatic rings. The molecule has 2 heterocycles. The monoisotopic (exact) mass is 490 g/mol. The fraction of sp³-hybridized carbons (Fsp3) is 0.286. The van der Waals surface area contributed by atoms with Gasteiger partial charge in [0, 0.05) is 11.7 Å². The highest BCUT2D eigenvalue weighted by Crippen LogP contribution is 2.18. The average Bonchev–Trinajstić information content (AvgIpc) is 3.09. The van der Waals surface area contributed by atoms with Crippen LogP contribution >= 0.6 is 0 Å². The molecule has 1 fully saturated rings. The minimum atomic E-state index is -3.90. The SMILES string of the molecule is Cc1nc2ccccc2c(=O)n1CC(=O)Nc1ccc(S(=O)(=O)NC2CCS(=O)(=O)C2)cc1. The molecule has 174 valence electrons. The van der Waals surface area contributed by atoms with Gasteiger partial charge in [-0.2, -0.15) is 0 Å². The van der Waals surface area contributed by atoms with Crippen LogP contribution < -0.4 is 15.6 Å². The van der Waals surface area contributed by atoms with Gasteiger partial charge in [0.05, 0.1) is 27.3 Å². The molecule has 0 saturated carbocycles. The Morgan fingerprint density at radius 1 is 1.15 bits per heavy atom. The van der Waals surface area contributed by atoms with Crippen molar-refractivity contribution in [2.75, 3.05) is 16.8 Å². The van der Waals surface area contributed by atoms with Gasteiger partial charge in [-0.1, -0.05) is 12.1 Å². The summed E-state index contributed by atoms with van der Waals surface area (Å²) >= 11 is 0. The van der Waals surface area contributed by atoms with Crippen molar-refractivity contribution in [3.63, 3.8) is 0 Å². The van der Waals surface area contributed by atoms with E-state index in [1.165, 1.54) is 28.8 Å². The van der Waals surface area contributed by atoms with Gasteiger partial charge in [0.25, 0.3) is 5.56 Å². The summed E-state index contributed by atoms with van der Waals surface area (Å²) in [6, 6.07) is 11.7. The van der Waals surface area contributed by atoms with Crippen molar-refractivity contribution in [1.29, 1.82) is 0 Å². The number of carbonyl (C=O) groups excluding carboxylic acids is 1. The molecule has 0 spiro atoms. The second-order valence-electron chi connectivity index (χ2n) is 7.86. The molecular formula is C21H22N4O6S2. The van der Waals surface area contributed by atoms with E-state index < -0.39 is 31.8 Å². The van der Waals surface area contributed by atoms with Crippen LogP contribution in [0.4, 0.5) is 5.69 Å². The van der Waals surface area contributed by atoms with Crippen molar-refractivity contribution in [3.8, 4) is 0 Å². The van der Waals surface area contributed by atoms with Crippen LogP contribution in [0.15, 0.2) is 58.2 Å². The standard InChI is InChI=1S/C21H22N4O6S2/c1-14-22-19-5-3-2-4-18(19)21(27)25(14)12-20(26)23-15-6-8-17(9-7-15)33(30,31)24-16-10-11-32(28,29)13-16/h2-9,16,24H,10-13H2,1H3,(H,23,26). The normalized spacial score (nSPS) is 17.8. The first kappa shape index (κ1) is 23.1. The third-order valence-electron chi connectivity index (χ3n) is 5.36. The predicted octanol–water partition coefficient (Wildman–Crippen LogP) is 0.809. The number of sulfone groups is 1. The number of para-hydroxylation sites is 1. The Bertz CT molecular complexity index is 1500. The van der Waals surface area contributed by atoms with E-state index in [-0.39, 0.29) is 34.9 Å². The van der Waals surface area contributed by atoms with E-state index in [1.54, 1.807) is 31.2 Å². The first-order valence-corrected chi connectivity index (χ1v) is 13.4. The Kier molecular flexibility index (Phi) is 6.08. The second kappa shape index (κ2) is 8.69.